The fourth-order valence-corrected chi connectivity index (χ4v) is 3.01. The highest BCUT2D eigenvalue weighted by Gasteiger charge is 2.17. The quantitative estimate of drug-likeness (QED) is 0.841. The minimum Gasteiger partial charge on any atom is -0.389 e. The molecule has 0 spiro atoms. The first-order valence-electron chi connectivity index (χ1n) is 6.82. The average molecular weight is 280 g/mol. The number of hydrogen-bond donors (Lipinski definition) is 1. The van der Waals surface area contributed by atoms with E-state index in [0.29, 0.717) is 5.56 Å². The molecule has 2 nitrogen and oxygen atoms in total. The molecule has 1 aliphatic rings. The molecule has 0 aromatic heterocycles. The Morgan fingerprint density at radius 2 is 2.05 bits per heavy atom. The van der Waals surface area contributed by atoms with Crippen LogP contribution in [0, 0.1) is 11.7 Å². The van der Waals surface area contributed by atoms with E-state index in [1.165, 1.54) is 31.7 Å². The first-order chi connectivity index (χ1) is 9.04. The first-order valence-corrected chi connectivity index (χ1v) is 7.23. The van der Waals surface area contributed by atoms with Crippen LogP contribution in [-0.2, 0) is 6.54 Å². The summed E-state index contributed by atoms with van der Waals surface area (Å²) >= 11 is 4.91. The lowest BCUT2D eigenvalue weighted by molar-refractivity contribution is 0.271. The summed E-state index contributed by atoms with van der Waals surface area (Å²) in [6.45, 7) is 1.82. The molecule has 0 unspecified atom stereocenters. The molecule has 0 saturated heterocycles. The molecule has 1 aromatic carbocycles. The van der Waals surface area contributed by atoms with E-state index in [9.17, 15) is 4.39 Å². The Kier molecular flexibility index (Phi) is 4.88. The Morgan fingerprint density at radius 3 is 2.68 bits per heavy atom. The van der Waals surface area contributed by atoms with Crippen LogP contribution < -0.4 is 5.73 Å². The monoisotopic (exact) mass is 280 g/mol. The largest absolute Gasteiger partial charge is 0.389 e. The van der Waals surface area contributed by atoms with E-state index in [-0.39, 0.29) is 10.8 Å². The fraction of sp³-hybridized carbons (Fsp3) is 0.533. The predicted molar refractivity (Wildman–Crippen MR) is 80.6 cm³/mol. The van der Waals surface area contributed by atoms with Crippen LogP contribution in [0.2, 0.25) is 0 Å². The third-order valence-corrected chi connectivity index (χ3v) is 3.97. The highest BCUT2D eigenvalue weighted by molar-refractivity contribution is 7.80. The van der Waals surface area contributed by atoms with Gasteiger partial charge in [0.1, 0.15) is 10.8 Å². The van der Waals surface area contributed by atoms with Crippen molar-refractivity contribution in [3.63, 3.8) is 0 Å². The van der Waals surface area contributed by atoms with Crippen LogP contribution in [0.4, 0.5) is 4.39 Å². The van der Waals surface area contributed by atoms with Crippen molar-refractivity contribution in [3.8, 4) is 0 Å². The summed E-state index contributed by atoms with van der Waals surface area (Å²) in [6.07, 6.45) is 5.35. The minimum atomic E-state index is -0.269. The lowest BCUT2D eigenvalue weighted by Crippen LogP contribution is -2.24. The summed E-state index contributed by atoms with van der Waals surface area (Å²) < 4.78 is 13.5. The summed E-state index contributed by atoms with van der Waals surface area (Å²) in [7, 11) is 2.09. The molecule has 1 saturated carbocycles. The van der Waals surface area contributed by atoms with Gasteiger partial charge in [-0.05, 0) is 49.6 Å². The molecule has 0 bridgehead atoms. The molecule has 0 heterocycles. The molecule has 0 radical (unpaired) electrons. The van der Waals surface area contributed by atoms with Crippen LogP contribution in [0.1, 0.15) is 36.8 Å². The van der Waals surface area contributed by atoms with Crippen LogP contribution in [0.15, 0.2) is 18.2 Å². The van der Waals surface area contributed by atoms with Gasteiger partial charge in [0.2, 0.25) is 0 Å². The van der Waals surface area contributed by atoms with Crippen LogP contribution in [0.3, 0.4) is 0 Å². The van der Waals surface area contributed by atoms with E-state index < -0.39 is 0 Å². The maximum absolute atomic E-state index is 13.5. The summed E-state index contributed by atoms with van der Waals surface area (Å²) in [4.78, 5) is 2.51. The van der Waals surface area contributed by atoms with Gasteiger partial charge < -0.3 is 10.6 Å². The van der Waals surface area contributed by atoms with E-state index in [1.807, 2.05) is 6.07 Å². The number of thiocarbonyl (C=S) groups is 1. The van der Waals surface area contributed by atoms with Gasteiger partial charge >= 0.3 is 0 Å². The van der Waals surface area contributed by atoms with Crippen molar-refractivity contribution in [1.29, 1.82) is 0 Å². The molecule has 19 heavy (non-hydrogen) atoms. The van der Waals surface area contributed by atoms with Gasteiger partial charge in [0, 0.05) is 18.7 Å². The third-order valence-electron chi connectivity index (χ3n) is 3.74. The molecule has 2 rings (SSSR count). The zero-order chi connectivity index (χ0) is 13.8. The van der Waals surface area contributed by atoms with Gasteiger partial charge in [0.25, 0.3) is 0 Å². The van der Waals surface area contributed by atoms with E-state index in [4.69, 9.17) is 18.0 Å². The second kappa shape index (κ2) is 6.44. The summed E-state index contributed by atoms with van der Waals surface area (Å²) in [5.74, 6) is 0.531. The van der Waals surface area contributed by atoms with E-state index in [1.54, 1.807) is 6.07 Å². The Labute approximate surface area is 119 Å². The highest BCUT2D eigenvalue weighted by atomic mass is 32.1. The lowest BCUT2D eigenvalue weighted by atomic mass is 10.1. The maximum Gasteiger partial charge on any atom is 0.124 e. The molecule has 0 amide bonds. The van der Waals surface area contributed by atoms with Gasteiger partial charge in [-0.25, -0.2) is 4.39 Å². The third kappa shape index (κ3) is 4.25. The smallest absolute Gasteiger partial charge is 0.124 e. The fourth-order valence-electron chi connectivity index (χ4n) is 2.89. The van der Waals surface area contributed by atoms with Crippen molar-refractivity contribution in [3.05, 3.63) is 35.1 Å². The highest BCUT2D eigenvalue weighted by Crippen LogP contribution is 2.25. The van der Waals surface area contributed by atoms with Gasteiger partial charge in [-0.1, -0.05) is 25.1 Å². The number of halogens is 1. The number of hydrogen-bond acceptors (Lipinski definition) is 2. The SMILES string of the molecule is CN(Cc1cc(F)cc(C(N)=S)c1)CC1CCCC1. The van der Waals surface area contributed by atoms with E-state index in [0.717, 1.165) is 24.6 Å². The van der Waals surface area contributed by atoms with Gasteiger partial charge in [-0.2, -0.15) is 0 Å². The number of benzene rings is 1. The Bertz CT molecular complexity index is 455. The van der Waals surface area contributed by atoms with Gasteiger partial charge in [0.05, 0.1) is 0 Å². The molecule has 0 atom stereocenters. The van der Waals surface area contributed by atoms with Crippen molar-refractivity contribution in [2.45, 2.75) is 32.2 Å². The average Bonchev–Trinajstić information content (AvgIpc) is 2.80. The Hall–Kier alpha value is -1.00. The topological polar surface area (TPSA) is 29.3 Å². The zero-order valence-corrected chi connectivity index (χ0v) is 12.2. The first kappa shape index (κ1) is 14.4. The summed E-state index contributed by atoms with van der Waals surface area (Å²) in [5.41, 5.74) is 7.11. The summed E-state index contributed by atoms with van der Waals surface area (Å²) in [6, 6.07) is 4.84. The molecule has 4 heteroatoms. The molecule has 1 fully saturated rings. The number of nitrogens with zero attached hydrogens (tertiary/aromatic N) is 1. The Balaban J connectivity index is 1.99. The van der Waals surface area contributed by atoms with E-state index in [2.05, 4.69) is 11.9 Å². The van der Waals surface area contributed by atoms with Crippen molar-refractivity contribution in [2.75, 3.05) is 13.6 Å². The van der Waals surface area contributed by atoms with Gasteiger partial charge in [-0.15, -0.1) is 0 Å². The van der Waals surface area contributed by atoms with Crippen LogP contribution in [0.5, 0.6) is 0 Å². The molecule has 0 aliphatic heterocycles. The van der Waals surface area contributed by atoms with Gasteiger partial charge in [-0.3, -0.25) is 0 Å². The van der Waals surface area contributed by atoms with Crippen molar-refractivity contribution < 1.29 is 4.39 Å². The molecule has 104 valence electrons. The maximum atomic E-state index is 13.5. The molecular formula is C15H21FN2S. The van der Waals surface area contributed by atoms with Crippen molar-refractivity contribution in [2.24, 2.45) is 11.7 Å². The molecule has 1 aliphatic carbocycles. The number of rotatable bonds is 5. The second-order valence-corrected chi connectivity index (χ2v) is 6.00. The normalized spacial score (nSPS) is 16.2. The van der Waals surface area contributed by atoms with Crippen LogP contribution >= 0.6 is 12.2 Å². The molecule has 1 aromatic rings. The number of nitrogens with two attached hydrogens (primary N) is 1. The summed E-state index contributed by atoms with van der Waals surface area (Å²) in [5, 5.41) is 0. The van der Waals surface area contributed by atoms with Crippen molar-refractivity contribution in [1.82, 2.24) is 4.90 Å². The van der Waals surface area contributed by atoms with Gasteiger partial charge in [0.15, 0.2) is 0 Å². The zero-order valence-electron chi connectivity index (χ0n) is 11.4. The second-order valence-electron chi connectivity index (χ2n) is 5.56. The van der Waals surface area contributed by atoms with Crippen molar-refractivity contribution >= 4 is 17.2 Å². The van der Waals surface area contributed by atoms with E-state index >= 15 is 0 Å². The molecular weight excluding hydrogens is 259 g/mol. The van der Waals surface area contributed by atoms with Crippen LogP contribution in [-0.4, -0.2) is 23.5 Å². The molecule has 2 N–H and O–H groups in total. The lowest BCUT2D eigenvalue weighted by Gasteiger charge is -2.21. The standard InChI is InChI=1S/C15H21FN2S/c1-18(9-11-4-2-3-5-11)10-12-6-13(15(17)19)8-14(16)7-12/h6-8,11H,2-5,9-10H2,1H3,(H2,17,19). The minimum absolute atomic E-state index is 0.249. The van der Waals surface area contributed by atoms with Crippen LogP contribution in [0.25, 0.3) is 0 Å². The predicted octanol–water partition coefficient (Wildman–Crippen LogP) is 3.08. The Morgan fingerprint density at radius 1 is 1.37 bits per heavy atom.